The Morgan fingerprint density at radius 2 is 1.50 bits per heavy atom. The molecule has 0 aliphatic carbocycles. The third kappa shape index (κ3) is 3.81. The summed E-state index contributed by atoms with van der Waals surface area (Å²) in [4.78, 5) is 24.2. The van der Waals surface area contributed by atoms with Gasteiger partial charge < -0.3 is 9.84 Å². The van der Waals surface area contributed by atoms with Crippen molar-refractivity contribution in [3.63, 3.8) is 0 Å². The van der Waals surface area contributed by atoms with E-state index in [0.29, 0.717) is 16.7 Å². The molecule has 3 aromatic carbocycles. The van der Waals surface area contributed by atoms with E-state index in [9.17, 15) is 14.7 Å². The molecule has 3 aromatic rings. The maximum atomic E-state index is 12.7. The van der Waals surface area contributed by atoms with Crippen LogP contribution in [0.2, 0.25) is 0 Å². The average Bonchev–Trinajstić information content (AvgIpc) is 2.67. The number of ether oxygens (including phenoxy) is 1. The second-order valence-corrected chi connectivity index (χ2v) is 5.96. The molecular formula is C22H18O4. The molecule has 1 N–H and O–H groups in total. The van der Waals surface area contributed by atoms with Crippen molar-refractivity contribution < 1.29 is 19.4 Å². The molecule has 0 radical (unpaired) electrons. The van der Waals surface area contributed by atoms with Crippen molar-refractivity contribution in [1.82, 2.24) is 0 Å². The van der Waals surface area contributed by atoms with Crippen LogP contribution in [0.25, 0.3) is 11.1 Å². The summed E-state index contributed by atoms with van der Waals surface area (Å²) in [7, 11) is 0. The maximum absolute atomic E-state index is 12.7. The van der Waals surface area contributed by atoms with Gasteiger partial charge in [-0.2, -0.15) is 0 Å². The summed E-state index contributed by atoms with van der Waals surface area (Å²) in [6, 6.07) is 21.4. The number of aryl methyl sites for hydroxylation is 1. The Labute approximate surface area is 151 Å². The highest BCUT2D eigenvalue weighted by molar-refractivity contribution is 6.02. The smallest absolute Gasteiger partial charge is 0.339 e. The summed E-state index contributed by atoms with van der Waals surface area (Å²) in [6.07, 6.45) is 0. The number of carbonyl (C=O) groups is 2. The normalized spacial score (nSPS) is 10.3. The van der Waals surface area contributed by atoms with E-state index in [4.69, 9.17) is 4.74 Å². The molecule has 0 saturated heterocycles. The zero-order valence-corrected chi connectivity index (χ0v) is 14.3. The highest BCUT2D eigenvalue weighted by Gasteiger charge is 2.19. The molecule has 0 spiro atoms. The predicted molar refractivity (Wildman–Crippen MR) is 99.1 cm³/mol. The van der Waals surface area contributed by atoms with Gasteiger partial charge in [-0.15, -0.1) is 0 Å². The van der Waals surface area contributed by atoms with Crippen molar-refractivity contribution >= 4 is 11.9 Å². The second-order valence-electron chi connectivity index (χ2n) is 5.96. The van der Waals surface area contributed by atoms with E-state index in [1.165, 1.54) is 6.07 Å². The monoisotopic (exact) mass is 346 g/mol. The summed E-state index contributed by atoms with van der Waals surface area (Å²) in [5.74, 6) is -1.52. The molecule has 0 fully saturated rings. The molecule has 0 unspecified atom stereocenters. The molecule has 26 heavy (non-hydrogen) atoms. The minimum absolute atomic E-state index is 0.147. The first-order valence-corrected chi connectivity index (χ1v) is 8.20. The van der Waals surface area contributed by atoms with Gasteiger partial charge in [-0.05, 0) is 35.7 Å². The lowest BCUT2D eigenvalue weighted by Crippen LogP contribution is -2.09. The van der Waals surface area contributed by atoms with Crippen LogP contribution in [0.1, 0.15) is 31.8 Å². The summed E-state index contributed by atoms with van der Waals surface area (Å²) in [6.45, 7) is 2.04. The Morgan fingerprint density at radius 3 is 2.23 bits per heavy atom. The third-order valence-electron chi connectivity index (χ3n) is 4.06. The molecule has 0 saturated carbocycles. The molecule has 0 heterocycles. The maximum Gasteiger partial charge on any atom is 0.339 e. The summed E-state index contributed by atoms with van der Waals surface area (Å²) >= 11 is 0. The molecule has 0 amide bonds. The first kappa shape index (κ1) is 17.4. The van der Waals surface area contributed by atoms with Crippen LogP contribution in [0.5, 0.6) is 0 Å². The van der Waals surface area contributed by atoms with Crippen LogP contribution in [0.15, 0.2) is 72.8 Å². The number of aromatic carboxylic acids is 1. The van der Waals surface area contributed by atoms with Crippen molar-refractivity contribution in [3.8, 4) is 11.1 Å². The number of carbonyl (C=O) groups excluding carboxylic acids is 1. The molecule has 0 bridgehead atoms. The van der Waals surface area contributed by atoms with Crippen LogP contribution in [0.3, 0.4) is 0 Å². The number of hydrogen-bond donors (Lipinski definition) is 1. The topological polar surface area (TPSA) is 63.6 Å². The van der Waals surface area contributed by atoms with Gasteiger partial charge in [-0.1, -0.05) is 66.2 Å². The highest BCUT2D eigenvalue weighted by Crippen LogP contribution is 2.29. The Morgan fingerprint density at radius 1 is 0.846 bits per heavy atom. The van der Waals surface area contributed by atoms with Crippen molar-refractivity contribution in [1.29, 1.82) is 0 Å². The highest BCUT2D eigenvalue weighted by atomic mass is 16.5. The van der Waals surface area contributed by atoms with Gasteiger partial charge in [-0.25, -0.2) is 9.59 Å². The lowest BCUT2D eigenvalue weighted by molar-refractivity contribution is 0.0473. The summed E-state index contributed by atoms with van der Waals surface area (Å²) < 4.78 is 5.45. The van der Waals surface area contributed by atoms with Gasteiger partial charge in [0.1, 0.15) is 6.61 Å². The van der Waals surface area contributed by atoms with Crippen LogP contribution in [0, 0.1) is 6.92 Å². The number of esters is 1. The van der Waals surface area contributed by atoms with Gasteiger partial charge >= 0.3 is 11.9 Å². The second kappa shape index (κ2) is 7.66. The number of rotatable bonds is 5. The van der Waals surface area contributed by atoms with E-state index in [1.54, 1.807) is 30.3 Å². The van der Waals surface area contributed by atoms with Gasteiger partial charge in [0.05, 0.1) is 11.1 Å². The molecule has 0 atom stereocenters. The minimum Gasteiger partial charge on any atom is -0.478 e. The number of carboxylic acid groups (broad SMARTS) is 1. The molecule has 3 rings (SSSR count). The average molecular weight is 346 g/mol. The first-order chi connectivity index (χ1) is 12.6. The molecule has 4 nitrogen and oxygen atoms in total. The SMILES string of the molecule is Cc1ccc(-c2ccccc2C(=O)O)c(C(=O)OCc2ccccc2)c1. The lowest BCUT2D eigenvalue weighted by Gasteiger charge is -2.13. The minimum atomic E-state index is -1.04. The third-order valence-corrected chi connectivity index (χ3v) is 4.06. The molecular weight excluding hydrogens is 328 g/mol. The van der Waals surface area contributed by atoms with Gasteiger partial charge in [-0.3, -0.25) is 0 Å². The number of hydrogen-bond acceptors (Lipinski definition) is 3. The summed E-state index contributed by atoms with van der Waals surface area (Å²) in [5.41, 5.74) is 3.33. The predicted octanol–water partition coefficient (Wildman–Crippen LogP) is 4.72. The fourth-order valence-electron chi connectivity index (χ4n) is 2.77. The Kier molecular flexibility index (Phi) is 5.13. The van der Waals surface area contributed by atoms with Gasteiger partial charge in [0.15, 0.2) is 0 Å². The van der Waals surface area contributed by atoms with Crippen LogP contribution in [-0.2, 0) is 11.3 Å². The lowest BCUT2D eigenvalue weighted by atomic mass is 9.94. The van der Waals surface area contributed by atoms with E-state index in [0.717, 1.165) is 11.1 Å². The largest absolute Gasteiger partial charge is 0.478 e. The van der Waals surface area contributed by atoms with Crippen LogP contribution < -0.4 is 0 Å². The van der Waals surface area contributed by atoms with Crippen molar-refractivity contribution in [2.45, 2.75) is 13.5 Å². The molecule has 0 aromatic heterocycles. The number of benzene rings is 3. The van der Waals surface area contributed by atoms with E-state index in [-0.39, 0.29) is 12.2 Å². The fourth-order valence-corrected chi connectivity index (χ4v) is 2.77. The quantitative estimate of drug-likeness (QED) is 0.679. The summed E-state index contributed by atoms with van der Waals surface area (Å²) in [5, 5.41) is 9.45. The van der Waals surface area contributed by atoms with Crippen molar-refractivity contribution in [2.24, 2.45) is 0 Å². The van der Waals surface area contributed by atoms with Crippen LogP contribution in [-0.4, -0.2) is 17.0 Å². The van der Waals surface area contributed by atoms with Crippen molar-refractivity contribution in [2.75, 3.05) is 0 Å². The van der Waals surface area contributed by atoms with Gasteiger partial charge in [0, 0.05) is 0 Å². The molecule has 0 aliphatic heterocycles. The Balaban J connectivity index is 1.96. The number of carboxylic acids is 1. The Hall–Kier alpha value is -3.40. The first-order valence-electron chi connectivity index (χ1n) is 8.20. The van der Waals surface area contributed by atoms with E-state index in [1.807, 2.05) is 43.3 Å². The van der Waals surface area contributed by atoms with Gasteiger partial charge in [0.2, 0.25) is 0 Å². The Bertz CT molecular complexity index is 945. The van der Waals surface area contributed by atoms with Gasteiger partial charge in [0.25, 0.3) is 0 Å². The zero-order chi connectivity index (χ0) is 18.5. The van der Waals surface area contributed by atoms with E-state index >= 15 is 0 Å². The zero-order valence-electron chi connectivity index (χ0n) is 14.3. The fraction of sp³-hybridized carbons (Fsp3) is 0.0909. The van der Waals surface area contributed by atoms with Crippen LogP contribution in [0.4, 0.5) is 0 Å². The standard InChI is InChI=1S/C22H18O4/c1-15-11-12-18(17-9-5-6-10-19(17)21(23)24)20(13-15)22(25)26-14-16-7-3-2-4-8-16/h2-13H,14H2,1H3,(H,23,24). The van der Waals surface area contributed by atoms with Crippen LogP contribution >= 0.6 is 0 Å². The molecule has 4 heteroatoms. The molecule has 130 valence electrons. The van der Waals surface area contributed by atoms with Crippen molar-refractivity contribution in [3.05, 3.63) is 95.1 Å². The van der Waals surface area contributed by atoms with E-state index < -0.39 is 11.9 Å². The van der Waals surface area contributed by atoms with E-state index in [2.05, 4.69) is 0 Å². The molecule has 0 aliphatic rings.